The summed E-state index contributed by atoms with van der Waals surface area (Å²) in [6, 6.07) is 8.61. The number of carbonyl (C=O) groups excluding carboxylic acids is 1. The first-order valence-electron chi connectivity index (χ1n) is 8.52. The Bertz CT molecular complexity index is 706. The zero-order valence-electron chi connectivity index (χ0n) is 14.7. The Labute approximate surface area is 142 Å². The number of aromatic amines is 1. The maximum absolute atomic E-state index is 11.4. The van der Waals surface area contributed by atoms with Gasteiger partial charge < -0.3 is 14.5 Å². The minimum absolute atomic E-state index is 0.172. The number of nitrogens with one attached hydrogen (secondary N) is 1. The third-order valence-corrected chi connectivity index (χ3v) is 4.96. The summed E-state index contributed by atoms with van der Waals surface area (Å²) in [6.45, 7) is 3.38. The number of Topliss-reactive ketones (excluding diaryl/α,β-unsaturated/α-hetero) is 1. The van der Waals surface area contributed by atoms with Gasteiger partial charge in [0.1, 0.15) is 5.78 Å². The van der Waals surface area contributed by atoms with Gasteiger partial charge in [-0.3, -0.25) is 9.69 Å². The van der Waals surface area contributed by atoms with Crippen molar-refractivity contribution in [3.63, 3.8) is 0 Å². The number of hydrogen-bond donors (Lipinski definition) is 1. The monoisotopic (exact) mass is 330 g/mol. The minimum Gasteiger partial charge on any atom is -0.357 e. The van der Waals surface area contributed by atoms with E-state index >= 15 is 0 Å². The molecule has 1 N–H and O–H groups in total. The van der Waals surface area contributed by atoms with Crippen molar-refractivity contribution < 1.29 is 14.3 Å². The molecule has 0 spiro atoms. The first-order chi connectivity index (χ1) is 11.6. The van der Waals surface area contributed by atoms with Gasteiger partial charge in [0.15, 0.2) is 6.29 Å². The zero-order chi connectivity index (χ0) is 17.1. The van der Waals surface area contributed by atoms with Crippen LogP contribution in [-0.4, -0.2) is 49.3 Å². The summed E-state index contributed by atoms with van der Waals surface area (Å²) in [7, 11) is 3.34. The molecule has 1 aromatic carbocycles. The second-order valence-corrected chi connectivity index (χ2v) is 6.45. The Balaban J connectivity index is 1.94. The van der Waals surface area contributed by atoms with Crippen molar-refractivity contribution in [1.29, 1.82) is 0 Å². The molecule has 24 heavy (non-hydrogen) atoms. The van der Waals surface area contributed by atoms with E-state index in [1.165, 1.54) is 22.2 Å². The van der Waals surface area contributed by atoms with Crippen LogP contribution in [0.1, 0.15) is 37.1 Å². The highest BCUT2D eigenvalue weighted by atomic mass is 16.7. The van der Waals surface area contributed by atoms with E-state index in [-0.39, 0.29) is 18.1 Å². The van der Waals surface area contributed by atoms with Crippen LogP contribution in [0.2, 0.25) is 0 Å². The van der Waals surface area contributed by atoms with Crippen LogP contribution in [0.4, 0.5) is 0 Å². The van der Waals surface area contributed by atoms with Crippen LogP contribution in [-0.2, 0) is 20.7 Å². The highest BCUT2D eigenvalue weighted by Gasteiger charge is 2.32. The third-order valence-electron chi connectivity index (χ3n) is 4.96. The smallest absolute Gasteiger partial charge is 0.158 e. The number of aromatic nitrogens is 1. The number of rotatable bonds is 7. The van der Waals surface area contributed by atoms with Gasteiger partial charge in [-0.2, -0.15) is 0 Å². The van der Waals surface area contributed by atoms with Crippen LogP contribution in [0.3, 0.4) is 0 Å². The molecule has 1 atom stereocenters. The lowest BCUT2D eigenvalue weighted by atomic mass is 9.94. The Morgan fingerprint density at radius 3 is 2.79 bits per heavy atom. The van der Waals surface area contributed by atoms with Gasteiger partial charge in [-0.25, -0.2) is 0 Å². The molecule has 0 saturated heterocycles. The Morgan fingerprint density at radius 1 is 1.33 bits per heavy atom. The molecule has 0 saturated carbocycles. The summed E-state index contributed by atoms with van der Waals surface area (Å²) >= 11 is 0. The molecule has 5 heteroatoms. The Kier molecular flexibility index (Phi) is 5.33. The SMILES string of the molecule is COC(C[C@H]1c2[nH]c3ccccc3c2CCN1CCC(C)=O)OC. The fraction of sp³-hybridized carbons (Fsp3) is 0.526. The summed E-state index contributed by atoms with van der Waals surface area (Å²) in [5, 5.41) is 1.30. The molecule has 1 aliphatic heterocycles. The van der Waals surface area contributed by atoms with Gasteiger partial charge in [0.2, 0.25) is 0 Å². The van der Waals surface area contributed by atoms with Crippen LogP contribution in [0.5, 0.6) is 0 Å². The largest absolute Gasteiger partial charge is 0.357 e. The zero-order valence-corrected chi connectivity index (χ0v) is 14.7. The molecule has 0 bridgehead atoms. The highest BCUT2D eigenvalue weighted by molar-refractivity contribution is 5.85. The van der Waals surface area contributed by atoms with Crippen molar-refractivity contribution in [1.82, 2.24) is 9.88 Å². The summed E-state index contributed by atoms with van der Waals surface area (Å²) in [5.74, 6) is 0.228. The van der Waals surface area contributed by atoms with E-state index < -0.39 is 0 Å². The molecule has 2 aromatic rings. The van der Waals surface area contributed by atoms with Gasteiger partial charge in [0.05, 0.1) is 6.04 Å². The standard InChI is InChI=1S/C19H26N2O3/c1-13(22)8-10-21-11-9-15-14-6-4-5-7-16(14)20-19(15)17(21)12-18(23-2)24-3/h4-7,17-18,20H,8-12H2,1-3H3/t17-/m0/s1. The molecule has 0 unspecified atom stereocenters. The van der Waals surface area contributed by atoms with Gasteiger partial charge >= 0.3 is 0 Å². The molecular weight excluding hydrogens is 304 g/mol. The molecular formula is C19H26N2O3. The normalized spacial score (nSPS) is 18.2. The lowest BCUT2D eigenvalue weighted by Crippen LogP contribution is -2.39. The van der Waals surface area contributed by atoms with Crippen molar-refractivity contribution in [2.75, 3.05) is 27.3 Å². The summed E-state index contributed by atoms with van der Waals surface area (Å²) in [6.07, 6.45) is 2.06. The molecule has 0 aliphatic carbocycles. The van der Waals surface area contributed by atoms with Gasteiger partial charge in [0.25, 0.3) is 0 Å². The van der Waals surface area contributed by atoms with Crippen LogP contribution in [0, 0.1) is 0 Å². The van der Waals surface area contributed by atoms with Crippen molar-refractivity contribution in [2.45, 2.75) is 38.5 Å². The second-order valence-electron chi connectivity index (χ2n) is 6.45. The molecule has 0 fully saturated rings. The first-order valence-corrected chi connectivity index (χ1v) is 8.52. The van der Waals surface area contributed by atoms with Gasteiger partial charge in [-0.15, -0.1) is 0 Å². The van der Waals surface area contributed by atoms with Crippen molar-refractivity contribution in [3.05, 3.63) is 35.5 Å². The Hall–Kier alpha value is -1.69. The number of methoxy groups -OCH3 is 2. The summed E-state index contributed by atoms with van der Waals surface area (Å²) in [4.78, 5) is 17.4. The van der Waals surface area contributed by atoms with Crippen LogP contribution >= 0.6 is 0 Å². The summed E-state index contributed by atoms with van der Waals surface area (Å²) < 4.78 is 10.9. The fourth-order valence-corrected chi connectivity index (χ4v) is 3.68. The van der Waals surface area contributed by atoms with Gasteiger partial charge in [0, 0.05) is 56.7 Å². The molecule has 3 rings (SSSR count). The minimum atomic E-state index is -0.257. The molecule has 0 amide bonds. The number of para-hydroxylation sites is 1. The molecule has 2 heterocycles. The lowest BCUT2D eigenvalue weighted by molar-refractivity contribution is -0.121. The number of carbonyl (C=O) groups is 1. The van der Waals surface area contributed by atoms with Gasteiger partial charge in [-0.05, 0) is 25.0 Å². The summed E-state index contributed by atoms with van der Waals surface area (Å²) in [5.41, 5.74) is 3.80. The average molecular weight is 330 g/mol. The van der Waals surface area contributed by atoms with Crippen LogP contribution in [0.25, 0.3) is 10.9 Å². The molecule has 130 valence electrons. The molecule has 1 aromatic heterocycles. The van der Waals surface area contributed by atoms with Crippen LogP contribution < -0.4 is 0 Å². The van der Waals surface area contributed by atoms with E-state index in [0.717, 1.165) is 25.9 Å². The number of H-pyrrole nitrogens is 1. The fourth-order valence-electron chi connectivity index (χ4n) is 3.68. The third kappa shape index (κ3) is 3.38. The van der Waals surface area contributed by atoms with Crippen LogP contribution in [0.15, 0.2) is 24.3 Å². The molecule has 1 aliphatic rings. The van der Waals surface area contributed by atoms with E-state index in [9.17, 15) is 4.79 Å². The second kappa shape index (κ2) is 7.47. The van der Waals surface area contributed by atoms with E-state index in [1.807, 2.05) is 0 Å². The number of ether oxygens (including phenoxy) is 2. The lowest BCUT2D eigenvalue weighted by Gasteiger charge is -2.37. The van der Waals surface area contributed by atoms with Crippen molar-refractivity contribution in [3.8, 4) is 0 Å². The average Bonchev–Trinajstić information content (AvgIpc) is 2.97. The molecule has 0 radical (unpaired) electrons. The number of fused-ring (bicyclic) bond motifs is 3. The maximum atomic E-state index is 11.4. The number of nitrogens with zero attached hydrogens (tertiary/aromatic N) is 1. The van der Waals surface area contributed by atoms with E-state index in [2.05, 4.69) is 34.1 Å². The Morgan fingerprint density at radius 2 is 2.08 bits per heavy atom. The maximum Gasteiger partial charge on any atom is 0.158 e. The van der Waals surface area contributed by atoms with Gasteiger partial charge in [-0.1, -0.05) is 18.2 Å². The predicted molar refractivity (Wildman–Crippen MR) is 94.0 cm³/mol. The number of benzene rings is 1. The number of ketones is 1. The van der Waals surface area contributed by atoms with E-state index in [4.69, 9.17) is 9.47 Å². The van der Waals surface area contributed by atoms with E-state index in [1.54, 1.807) is 21.1 Å². The van der Waals surface area contributed by atoms with E-state index in [0.29, 0.717) is 6.42 Å². The quantitative estimate of drug-likeness (QED) is 0.793. The van der Waals surface area contributed by atoms with Crippen molar-refractivity contribution >= 4 is 16.7 Å². The highest BCUT2D eigenvalue weighted by Crippen LogP contribution is 2.37. The first kappa shape index (κ1) is 17.1. The van der Waals surface area contributed by atoms with Crippen molar-refractivity contribution in [2.24, 2.45) is 0 Å². The molecule has 5 nitrogen and oxygen atoms in total. The topological polar surface area (TPSA) is 54.6 Å². The number of hydrogen-bond acceptors (Lipinski definition) is 4. The predicted octanol–water partition coefficient (Wildman–Crippen LogP) is 3.06.